The SMILES string of the molecule is C[n+]1ccc2cc(OC3CCCC3)ccc2c1.O.[Br-]. The molecule has 0 amide bonds. The minimum Gasteiger partial charge on any atom is -1.00 e. The molecule has 1 heterocycles. The fourth-order valence-electron chi connectivity index (χ4n) is 2.55. The molecule has 3 nitrogen and oxygen atoms in total. The van der Waals surface area contributed by atoms with E-state index in [-0.39, 0.29) is 22.5 Å². The van der Waals surface area contributed by atoms with Gasteiger partial charge in [0.15, 0.2) is 12.4 Å². The fraction of sp³-hybridized carbons (Fsp3) is 0.400. The van der Waals surface area contributed by atoms with Crippen LogP contribution in [-0.4, -0.2) is 11.6 Å². The van der Waals surface area contributed by atoms with E-state index in [0.717, 1.165) is 5.75 Å². The molecule has 2 N–H and O–H groups in total. The minimum atomic E-state index is 0. The van der Waals surface area contributed by atoms with Crippen LogP contribution in [0, 0.1) is 0 Å². The quantitative estimate of drug-likeness (QED) is 0.664. The topological polar surface area (TPSA) is 44.6 Å². The monoisotopic (exact) mass is 325 g/mol. The molecule has 2 aromatic rings. The number of aromatic nitrogens is 1. The number of nitrogens with zero attached hydrogens (tertiary/aromatic N) is 1. The molecule has 0 radical (unpaired) electrons. The number of fused-ring (bicyclic) bond motifs is 1. The zero-order chi connectivity index (χ0) is 11.7. The average Bonchev–Trinajstić information content (AvgIpc) is 2.82. The summed E-state index contributed by atoms with van der Waals surface area (Å²) in [6.07, 6.45) is 9.69. The van der Waals surface area contributed by atoms with Crippen molar-refractivity contribution in [2.45, 2.75) is 31.8 Å². The van der Waals surface area contributed by atoms with E-state index in [2.05, 4.69) is 41.2 Å². The highest BCUT2D eigenvalue weighted by molar-refractivity contribution is 5.82. The summed E-state index contributed by atoms with van der Waals surface area (Å²) >= 11 is 0. The van der Waals surface area contributed by atoms with E-state index in [1.807, 2.05) is 7.05 Å². The predicted molar refractivity (Wildman–Crippen MR) is 71.6 cm³/mol. The number of hydrogen-bond donors (Lipinski definition) is 0. The molecular weight excluding hydrogens is 306 g/mol. The maximum absolute atomic E-state index is 6.01. The van der Waals surface area contributed by atoms with Gasteiger partial charge in [-0.15, -0.1) is 0 Å². The highest BCUT2D eigenvalue weighted by Gasteiger charge is 2.16. The van der Waals surface area contributed by atoms with Crippen LogP contribution in [0.5, 0.6) is 5.75 Å². The van der Waals surface area contributed by atoms with Crippen LogP contribution in [0.15, 0.2) is 36.7 Å². The Hall–Kier alpha value is -1.13. The molecular formula is C15H20BrNO2. The third-order valence-corrected chi connectivity index (χ3v) is 3.50. The first-order valence-electron chi connectivity index (χ1n) is 6.37. The highest BCUT2D eigenvalue weighted by atomic mass is 79.9. The van der Waals surface area contributed by atoms with Crippen LogP contribution in [-0.2, 0) is 7.05 Å². The van der Waals surface area contributed by atoms with E-state index in [9.17, 15) is 0 Å². The van der Waals surface area contributed by atoms with Crippen LogP contribution in [0.1, 0.15) is 25.7 Å². The number of hydrogen-bond acceptors (Lipinski definition) is 1. The molecule has 0 atom stereocenters. The van der Waals surface area contributed by atoms with E-state index in [1.165, 1.54) is 36.5 Å². The van der Waals surface area contributed by atoms with Crippen molar-refractivity contribution >= 4 is 10.8 Å². The zero-order valence-corrected chi connectivity index (χ0v) is 12.7. The standard InChI is InChI=1S/C15H18NO.BrH.H2O/c1-16-9-8-12-10-15(7-6-13(12)11-16)17-14-4-2-3-5-14;;/h6-11,14H,2-5H2,1H3;1H;1H2/q+1;;/p-1. The molecule has 3 rings (SSSR count). The molecule has 104 valence electrons. The lowest BCUT2D eigenvalue weighted by atomic mass is 10.1. The number of benzene rings is 1. The largest absolute Gasteiger partial charge is 1.00 e. The maximum Gasteiger partial charge on any atom is 0.176 e. The maximum atomic E-state index is 6.01. The Morgan fingerprint density at radius 3 is 2.58 bits per heavy atom. The Labute approximate surface area is 124 Å². The lowest BCUT2D eigenvalue weighted by Crippen LogP contribution is -3.00. The van der Waals surface area contributed by atoms with Gasteiger partial charge in [-0.2, -0.15) is 0 Å². The summed E-state index contributed by atoms with van der Waals surface area (Å²) in [5, 5.41) is 2.51. The molecule has 1 aliphatic rings. The molecule has 0 spiro atoms. The van der Waals surface area contributed by atoms with Gasteiger partial charge < -0.3 is 27.2 Å². The second kappa shape index (κ2) is 6.87. The van der Waals surface area contributed by atoms with Crippen LogP contribution in [0.3, 0.4) is 0 Å². The Kier molecular flexibility index (Phi) is 5.76. The molecule has 1 aromatic heterocycles. The first-order chi connectivity index (χ1) is 8.31. The van der Waals surface area contributed by atoms with E-state index < -0.39 is 0 Å². The number of ether oxygens (including phenoxy) is 1. The second-order valence-electron chi connectivity index (χ2n) is 4.93. The Bertz CT molecular complexity index is 539. The van der Waals surface area contributed by atoms with Crippen molar-refractivity contribution in [1.29, 1.82) is 0 Å². The van der Waals surface area contributed by atoms with Gasteiger partial charge >= 0.3 is 0 Å². The van der Waals surface area contributed by atoms with Gasteiger partial charge in [-0.3, -0.25) is 0 Å². The molecule has 0 saturated heterocycles. The van der Waals surface area contributed by atoms with E-state index in [0.29, 0.717) is 6.10 Å². The Balaban J connectivity index is 0.000000902. The van der Waals surface area contributed by atoms with E-state index in [1.54, 1.807) is 0 Å². The third-order valence-electron chi connectivity index (χ3n) is 3.50. The zero-order valence-electron chi connectivity index (χ0n) is 11.1. The third kappa shape index (κ3) is 3.67. The summed E-state index contributed by atoms with van der Waals surface area (Å²) in [6.45, 7) is 0. The Morgan fingerprint density at radius 1 is 1.11 bits per heavy atom. The van der Waals surface area contributed by atoms with E-state index >= 15 is 0 Å². The molecule has 19 heavy (non-hydrogen) atoms. The summed E-state index contributed by atoms with van der Waals surface area (Å²) in [6, 6.07) is 8.50. The van der Waals surface area contributed by atoms with Crippen molar-refractivity contribution in [3.63, 3.8) is 0 Å². The molecule has 4 heteroatoms. The van der Waals surface area contributed by atoms with Gasteiger partial charge in [-0.05, 0) is 49.3 Å². The van der Waals surface area contributed by atoms with Crippen molar-refractivity contribution in [2.75, 3.05) is 0 Å². The van der Waals surface area contributed by atoms with Crippen LogP contribution in [0.25, 0.3) is 10.8 Å². The number of halogens is 1. The van der Waals surface area contributed by atoms with Gasteiger partial charge in [0, 0.05) is 11.5 Å². The molecule has 0 unspecified atom stereocenters. The van der Waals surface area contributed by atoms with Crippen LogP contribution in [0.4, 0.5) is 0 Å². The average molecular weight is 326 g/mol. The first kappa shape index (κ1) is 15.9. The Morgan fingerprint density at radius 2 is 1.84 bits per heavy atom. The van der Waals surface area contributed by atoms with Crippen molar-refractivity contribution in [1.82, 2.24) is 0 Å². The molecule has 0 bridgehead atoms. The van der Waals surface area contributed by atoms with Gasteiger partial charge in [-0.1, -0.05) is 0 Å². The van der Waals surface area contributed by atoms with Crippen molar-refractivity contribution < 1.29 is 31.8 Å². The number of aryl methyl sites for hydroxylation is 1. The first-order valence-corrected chi connectivity index (χ1v) is 6.37. The summed E-state index contributed by atoms with van der Waals surface area (Å²) in [4.78, 5) is 0. The molecule has 1 fully saturated rings. The lowest BCUT2D eigenvalue weighted by molar-refractivity contribution is -0.670. The molecule has 0 aliphatic heterocycles. The van der Waals surface area contributed by atoms with Crippen LogP contribution < -0.4 is 26.3 Å². The summed E-state index contributed by atoms with van der Waals surface area (Å²) < 4.78 is 8.08. The van der Waals surface area contributed by atoms with Crippen LogP contribution >= 0.6 is 0 Å². The number of pyridine rings is 1. The van der Waals surface area contributed by atoms with Crippen molar-refractivity contribution in [3.05, 3.63) is 36.7 Å². The van der Waals surface area contributed by atoms with Crippen molar-refractivity contribution in [2.24, 2.45) is 7.05 Å². The van der Waals surface area contributed by atoms with Crippen LogP contribution in [0.2, 0.25) is 0 Å². The van der Waals surface area contributed by atoms with Crippen molar-refractivity contribution in [3.8, 4) is 5.75 Å². The summed E-state index contributed by atoms with van der Waals surface area (Å²) in [7, 11) is 2.04. The van der Waals surface area contributed by atoms with E-state index in [4.69, 9.17) is 4.74 Å². The lowest BCUT2D eigenvalue weighted by Gasteiger charge is -2.13. The molecule has 1 aliphatic carbocycles. The fourth-order valence-corrected chi connectivity index (χ4v) is 2.55. The summed E-state index contributed by atoms with van der Waals surface area (Å²) in [5.74, 6) is 1.01. The smallest absolute Gasteiger partial charge is 0.176 e. The second-order valence-corrected chi connectivity index (χ2v) is 4.93. The van der Waals surface area contributed by atoms with Gasteiger partial charge in [-0.25, -0.2) is 4.57 Å². The van der Waals surface area contributed by atoms with Gasteiger partial charge in [0.05, 0.1) is 6.10 Å². The predicted octanol–water partition coefficient (Wildman–Crippen LogP) is -0.835. The molecule has 1 saturated carbocycles. The highest BCUT2D eigenvalue weighted by Crippen LogP contribution is 2.26. The number of rotatable bonds is 2. The van der Waals surface area contributed by atoms with Gasteiger partial charge in [0.1, 0.15) is 12.8 Å². The van der Waals surface area contributed by atoms with Gasteiger partial charge in [0.25, 0.3) is 0 Å². The summed E-state index contributed by atoms with van der Waals surface area (Å²) in [5.41, 5.74) is 0. The molecule has 1 aromatic carbocycles. The normalized spacial score (nSPS) is 14.8. The van der Waals surface area contributed by atoms with Gasteiger partial charge in [0.2, 0.25) is 0 Å². The minimum absolute atomic E-state index is 0.